The van der Waals surface area contributed by atoms with Crippen LogP contribution in [0, 0.1) is 0 Å². The molecule has 0 aliphatic heterocycles. The summed E-state index contributed by atoms with van der Waals surface area (Å²) in [6.07, 6.45) is 0.114. The van der Waals surface area contributed by atoms with E-state index in [1.807, 2.05) is 0 Å². The molecule has 0 heterocycles. The van der Waals surface area contributed by atoms with Crippen molar-refractivity contribution in [2.24, 2.45) is 4.99 Å². The highest BCUT2D eigenvalue weighted by Crippen LogP contribution is 2.30. The van der Waals surface area contributed by atoms with E-state index in [0.29, 0.717) is 11.5 Å². The smallest absolute Gasteiger partial charge is 0.325 e. The van der Waals surface area contributed by atoms with Crippen LogP contribution in [0.15, 0.2) is 16.4 Å². The highest BCUT2D eigenvalue weighted by molar-refractivity contribution is 6.01. The fourth-order valence-corrected chi connectivity index (χ4v) is 2.03. The maximum atomic E-state index is 10.6. The minimum atomic E-state index is -1.42. The van der Waals surface area contributed by atoms with E-state index in [4.69, 9.17) is 14.9 Å². The molecule has 0 spiro atoms. The molecule has 0 saturated heterocycles. The first-order valence-electron chi connectivity index (χ1n) is 6.16. The summed E-state index contributed by atoms with van der Waals surface area (Å²) < 4.78 is 5.20. The van der Waals surface area contributed by atoms with E-state index in [0.717, 1.165) is 0 Å². The number of allylic oxidation sites excluding steroid dienone is 1. The van der Waals surface area contributed by atoms with E-state index in [1.54, 1.807) is 0 Å². The molecule has 1 unspecified atom stereocenters. The summed E-state index contributed by atoms with van der Waals surface area (Å²) in [4.78, 5) is 14.5. The molecule has 114 valence electrons. The van der Waals surface area contributed by atoms with Crippen LogP contribution in [-0.2, 0) is 9.53 Å². The van der Waals surface area contributed by atoms with E-state index in [-0.39, 0.29) is 31.7 Å². The lowest BCUT2D eigenvalue weighted by Gasteiger charge is -2.34. The number of ether oxygens (including phenoxy) is 1. The summed E-state index contributed by atoms with van der Waals surface area (Å²) in [7, 11) is 1.41. The number of carboxylic acids is 1. The molecule has 5 N–H and O–H groups in total. The Bertz CT molecular complexity index is 420. The van der Waals surface area contributed by atoms with Crippen molar-refractivity contribution in [2.45, 2.75) is 18.4 Å². The van der Waals surface area contributed by atoms with E-state index >= 15 is 0 Å². The molecule has 8 nitrogen and oxygen atoms in total. The van der Waals surface area contributed by atoms with Gasteiger partial charge in [-0.15, -0.1) is 0 Å². The summed E-state index contributed by atoms with van der Waals surface area (Å²) in [5, 5.41) is 39.9. The molecule has 0 aromatic heterocycles. The largest absolute Gasteiger partial charge is 0.493 e. The summed E-state index contributed by atoms with van der Waals surface area (Å²) in [5.74, 6) is -0.756. The van der Waals surface area contributed by atoms with E-state index in [2.05, 4.69) is 10.3 Å². The number of carbonyl (C=O) groups is 1. The molecular formula is C12H20N2O6. The minimum absolute atomic E-state index is 0.00422. The number of rotatable bonds is 7. The molecule has 0 aromatic rings. The quantitative estimate of drug-likeness (QED) is 0.384. The Labute approximate surface area is 116 Å². The van der Waals surface area contributed by atoms with Crippen LogP contribution in [0.4, 0.5) is 0 Å². The van der Waals surface area contributed by atoms with Crippen LogP contribution in [0.1, 0.15) is 12.8 Å². The summed E-state index contributed by atoms with van der Waals surface area (Å²) in [5.41, 5.74) is -0.663. The highest BCUT2D eigenvalue weighted by Gasteiger charge is 2.37. The van der Waals surface area contributed by atoms with E-state index in [1.165, 1.54) is 7.11 Å². The Hall–Kier alpha value is -1.64. The molecule has 8 heteroatoms. The molecule has 0 bridgehead atoms. The van der Waals surface area contributed by atoms with Gasteiger partial charge in [0.05, 0.1) is 37.3 Å². The standard InChI is InChI=1S/C12H20N2O6/c1-20-11-8(13-2-3-15)4-12(19,7-16)5-9(11)14-6-10(17)18/h13,15-16,19H,2-7H2,1H3,(H,17,18). The topological polar surface area (TPSA) is 132 Å². The number of hydrogen-bond donors (Lipinski definition) is 5. The van der Waals surface area contributed by atoms with Gasteiger partial charge in [-0.3, -0.25) is 9.79 Å². The number of hydrogen-bond acceptors (Lipinski definition) is 7. The minimum Gasteiger partial charge on any atom is -0.493 e. The third-order valence-corrected chi connectivity index (χ3v) is 2.89. The van der Waals surface area contributed by atoms with Crippen molar-refractivity contribution in [3.8, 4) is 0 Å². The maximum Gasteiger partial charge on any atom is 0.325 e. The van der Waals surface area contributed by atoms with Crippen LogP contribution in [0.3, 0.4) is 0 Å². The van der Waals surface area contributed by atoms with Crippen molar-refractivity contribution in [3.05, 3.63) is 11.5 Å². The summed E-state index contributed by atoms with van der Waals surface area (Å²) >= 11 is 0. The second-order valence-electron chi connectivity index (χ2n) is 4.55. The van der Waals surface area contributed by atoms with Gasteiger partial charge in [0.1, 0.15) is 6.54 Å². The zero-order chi connectivity index (χ0) is 15.2. The number of aliphatic hydroxyl groups excluding tert-OH is 2. The molecule has 1 atom stereocenters. The Kier molecular flexibility index (Phi) is 5.93. The van der Waals surface area contributed by atoms with Crippen molar-refractivity contribution >= 4 is 11.7 Å². The molecule has 20 heavy (non-hydrogen) atoms. The van der Waals surface area contributed by atoms with Gasteiger partial charge in [-0.25, -0.2) is 0 Å². The van der Waals surface area contributed by atoms with Gasteiger partial charge in [-0.05, 0) is 0 Å². The van der Waals surface area contributed by atoms with Crippen LogP contribution >= 0.6 is 0 Å². The second-order valence-corrected chi connectivity index (χ2v) is 4.55. The first kappa shape index (κ1) is 16.4. The Morgan fingerprint density at radius 2 is 2.15 bits per heavy atom. The zero-order valence-electron chi connectivity index (χ0n) is 11.3. The van der Waals surface area contributed by atoms with Crippen LogP contribution < -0.4 is 5.32 Å². The van der Waals surface area contributed by atoms with Crippen LogP contribution in [0.2, 0.25) is 0 Å². The molecule has 1 aliphatic carbocycles. The molecule has 0 aromatic carbocycles. The molecule has 1 rings (SSSR count). The number of methoxy groups -OCH3 is 1. The Morgan fingerprint density at radius 1 is 1.45 bits per heavy atom. The second kappa shape index (κ2) is 7.22. The SMILES string of the molecule is COC1=C(NCCO)CC(O)(CO)CC1=NCC(=O)O. The van der Waals surface area contributed by atoms with E-state index < -0.39 is 24.7 Å². The number of aliphatic imine (C=N–C) groups is 1. The molecule has 0 radical (unpaired) electrons. The van der Waals surface area contributed by atoms with Gasteiger partial charge >= 0.3 is 5.97 Å². The fourth-order valence-electron chi connectivity index (χ4n) is 2.03. The predicted molar refractivity (Wildman–Crippen MR) is 70.3 cm³/mol. The van der Waals surface area contributed by atoms with Gasteiger partial charge in [0.15, 0.2) is 5.76 Å². The summed E-state index contributed by atoms with van der Waals surface area (Å²) in [6, 6.07) is 0. The van der Waals surface area contributed by atoms with Crippen LogP contribution in [-0.4, -0.2) is 71.1 Å². The number of carboxylic acid groups (broad SMARTS) is 1. The maximum absolute atomic E-state index is 10.6. The van der Waals surface area contributed by atoms with Gasteiger partial charge in [0.2, 0.25) is 0 Å². The molecule has 1 aliphatic rings. The lowest BCUT2D eigenvalue weighted by molar-refractivity contribution is -0.135. The van der Waals surface area contributed by atoms with Gasteiger partial charge < -0.3 is 30.5 Å². The lowest BCUT2D eigenvalue weighted by Crippen LogP contribution is -2.43. The molecule has 0 amide bonds. The van der Waals surface area contributed by atoms with Crippen LogP contribution in [0.5, 0.6) is 0 Å². The lowest BCUT2D eigenvalue weighted by atomic mass is 9.85. The predicted octanol–water partition coefficient (Wildman–Crippen LogP) is -1.53. The van der Waals surface area contributed by atoms with Gasteiger partial charge in [-0.1, -0.05) is 0 Å². The number of aliphatic carboxylic acids is 1. The first-order chi connectivity index (χ1) is 9.45. The van der Waals surface area contributed by atoms with Crippen molar-refractivity contribution in [1.29, 1.82) is 0 Å². The molecular weight excluding hydrogens is 268 g/mol. The van der Waals surface area contributed by atoms with Gasteiger partial charge in [0, 0.05) is 19.4 Å². The normalized spacial score (nSPS) is 24.9. The number of aliphatic hydroxyl groups is 3. The highest BCUT2D eigenvalue weighted by atomic mass is 16.5. The van der Waals surface area contributed by atoms with E-state index in [9.17, 15) is 15.0 Å². The van der Waals surface area contributed by atoms with Gasteiger partial charge in [-0.2, -0.15) is 0 Å². The first-order valence-corrected chi connectivity index (χ1v) is 6.16. The van der Waals surface area contributed by atoms with Gasteiger partial charge in [0.25, 0.3) is 0 Å². The Balaban J connectivity index is 3.10. The number of nitrogens with one attached hydrogen (secondary N) is 1. The molecule has 0 saturated carbocycles. The van der Waals surface area contributed by atoms with Crippen molar-refractivity contribution in [2.75, 3.05) is 33.4 Å². The zero-order valence-corrected chi connectivity index (χ0v) is 11.3. The Morgan fingerprint density at radius 3 is 2.65 bits per heavy atom. The van der Waals surface area contributed by atoms with Crippen molar-refractivity contribution in [1.82, 2.24) is 5.32 Å². The number of nitrogens with zero attached hydrogens (tertiary/aromatic N) is 1. The monoisotopic (exact) mass is 288 g/mol. The van der Waals surface area contributed by atoms with Crippen LogP contribution in [0.25, 0.3) is 0 Å². The van der Waals surface area contributed by atoms with Crippen molar-refractivity contribution in [3.63, 3.8) is 0 Å². The fraction of sp³-hybridized carbons (Fsp3) is 0.667. The average molecular weight is 288 g/mol. The third kappa shape index (κ3) is 4.19. The third-order valence-electron chi connectivity index (χ3n) is 2.89. The summed E-state index contributed by atoms with van der Waals surface area (Å²) in [6.45, 7) is -0.799. The molecule has 0 fully saturated rings. The van der Waals surface area contributed by atoms with Crippen molar-refractivity contribution < 1.29 is 30.0 Å². The average Bonchev–Trinajstić information content (AvgIpc) is 2.42.